The van der Waals surface area contributed by atoms with Crippen molar-refractivity contribution in [3.8, 4) is 0 Å². The van der Waals surface area contributed by atoms with E-state index in [4.69, 9.17) is 23.7 Å². The van der Waals surface area contributed by atoms with E-state index in [1.807, 2.05) is 0 Å². The number of Topliss-reactive ketones (excluding diaryl/α,β-unsaturated/α-hetero) is 3. The molecule has 4 N–H and O–H groups in total. The standard InChI is InChI=1S/C48H64O16/c1-19(49)60-26-13-23-17-46(34(26)44(9)30(62-21(3)51)15-28(53)42(5,6)36(44)32(55)38(46)57)40-25(23)11-12-48(64-40)24-14-27(61-20(2)50)35-45(10)31(63-22(4)52)16-29(54)43(7,8)37(45)33(56)39(58)47(35,18-24)41(48)59/h23-24,26-31,34-39,53-54,57-58H,11-18H2,1-10H3/t23-,24-,26+,27+,28+,29+,30+,31+,34+,35+,36-,37-,38+,39+,44+,45+,46-,47-,48+/m1/s1. The van der Waals surface area contributed by atoms with Crippen molar-refractivity contribution < 1.29 is 77.7 Å². The van der Waals surface area contributed by atoms with Gasteiger partial charge in [-0.1, -0.05) is 41.5 Å². The lowest BCUT2D eigenvalue weighted by atomic mass is 9.38. The average molecular weight is 897 g/mol. The Labute approximate surface area is 372 Å². The number of rotatable bonds is 4. The van der Waals surface area contributed by atoms with Crippen LogP contribution in [0.25, 0.3) is 0 Å². The van der Waals surface area contributed by atoms with Gasteiger partial charge in [-0.3, -0.25) is 33.6 Å². The number of ether oxygens (including phenoxy) is 5. The fraction of sp³-hybridized carbons (Fsp3) is 0.812. The second-order valence-corrected chi connectivity index (χ2v) is 22.8. The number of aliphatic hydroxyl groups excluding tert-OH is 4. The molecule has 9 rings (SSSR count). The summed E-state index contributed by atoms with van der Waals surface area (Å²) in [6.07, 6.45) is -9.49. The van der Waals surface area contributed by atoms with Gasteiger partial charge >= 0.3 is 23.9 Å². The Morgan fingerprint density at radius 3 is 1.50 bits per heavy atom. The first-order valence-electron chi connectivity index (χ1n) is 23.1. The Morgan fingerprint density at radius 1 is 0.594 bits per heavy atom. The van der Waals surface area contributed by atoms with Gasteiger partial charge in [-0.2, -0.15) is 0 Å². The van der Waals surface area contributed by atoms with E-state index in [1.165, 1.54) is 27.7 Å². The molecular formula is C48H64O16. The van der Waals surface area contributed by atoms with Crippen molar-refractivity contribution >= 4 is 41.2 Å². The van der Waals surface area contributed by atoms with E-state index >= 15 is 14.4 Å². The number of fused-ring (bicyclic) bond motifs is 8. The van der Waals surface area contributed by atoms with Gasteiger partial charge in [0.25, 0.3) is 0 Å². The minimum Gasteiger partial charge on any atom is -0.483 e. The number of carbonyl (C=O) groups excluding carboxylic acids is 7. The third-order valence-corrected chi connectivity index (χ3v) is 19.2. The van der Waals surface area contributed by atoms with Gasteiger partial charge in [0.2, 0.25) is 0 Å². The Kier molecular flexibility index (Phi) is 9.88. The lowest BCUT2D eigenvalue weighted by molar-refractivity contribution is -0.267. The lowest BCUT2D eigenvalue weighted by Crippen LogP contribution is -2.75. The maximum atomic E-state index is 16.2. The van der Waals surface area contributed by atoms with Crippen molar-refractivity contribution in [3.63, 3.8) is 0 Å². The lowest BCUT2D eigenvalue weighted by Gasteiger charge is -2.67. The molecular weight excluding hydrogens is 833 g/mol. The number of aliphatic hydroxyl groups is 4. The maximum Gasteiger partial charge on any atom is 0.302 e. The van der Waals surface area contributed by atoms with Gasteiger partial charge in [-0.25, -0.2) is 0 Å². The summed E-state index contributed by atoms with van der Waals surface area (Å²) >= 11 is 0. The zero-order valence-corrected chi connectivity index (χ0v) is 38.4. The quantitative estimate of drug-likeness (QED) is 0.234. The molecule has 0 unspecified atom stereocenters. The zero-order chi connectivity index (χ0) is 47.0. The Bertz CT molecular complexity index is 2180. The number of esters is 4. The molecule has 0 radical (unpaired) electrons. The zero-order valence-electron chi connectivity index (χ0n) is 38.4. The van der Waals surface area contributed by atoms with Gasteiger partial charge in [0, 0.05) is 91.8 Å². The highest BCUT2D eigenvalue weighted by molar-refractivity contribution is 6.04. The Morgan fingerprint density at radius 2 is 1.03 bits per heavy atom. The molecule has 0 amide bonds. The highest BCUT2D eigenvalue weighted by Gasteiger charge is 2.85. The van der Waals surface area contributed by atoms with E-state index in [2.05, 4.69) is 0 Å². The first kappa shape index (κ1) is 45.4. The summed E-state index contributed by atoms with van der Waals surface area (Å²) in [6.45, 7) is 15.4. The molecule has 64 heavy (non-hydrogen) atoms. The van der Waals surface area contributed by atoms with Crippen LogP contribution in [0.15, 0.2) is 11.3 Å². The Hall–Kier alpha value is -3.73. The van der Waals surface area contributed by atoms with Crippen LogP contribution in [0.2, 0.25) is 0 Å². The molecule has 1 heterocycles. The van der Waals surface area contributed by atoms with Crippen molar-refractivity contribution in [2.45, 2.75) is 175 Å². The molecule has 7 fully saturated rings. The molecule has 1 aliphatic heterocycles. The largest absolute Gasteiger partial charge is 0.483 e. The van der Waals surface area contributed by atoms with Gasteiger partial charge in [-0.05, 0) is 50.0 Å². The van der Waals surface area contributed by atoms with Crippen LogP contribution in [0.1, 0.15) is 121 Å². The van der Waals surface area contributed by atoms with Gasteiger partial charge in [0.1, 0.15) is 42.4 Å². The molecule has 9 aliphatic rings. The summed E-state index contributed by atoms with van der Waals surface area (Å²) in [5.41, 5.74) is -9.68. The second-order valence-electron chi connectivity index (χ2n) is 22.8. The minimum atomic E-state index is -1.94. The van der Waals surface area contributed by atoms with Gasteiger partial charge in [0.05, 0.1) is 23.0 Å². The van der Waals surface area contributed by atoms with Crippen LogP contribution in [-0.4, -0.2) is 116 Å². The first-order chi connectivity index (χ1) is 29.6. The summed E-state index contributed by atoms with van der Waals surface area (Å²) in [5, 5.41) is 48.5. The summed E-state index contributed by atoms with van der Waals surface area (Å²) < 4.78 is 31.7. The monoisotopic (exact) mass is 896 g/mol. The van der Waals surface area contributed by atoms with Crippen LogP contribution >= 0.6 is 0 Å². The highest BCUT2D eigenvalue weighted by atomic mass is 16.6. The summed E-state index contributed by atoms with van der Waals surface area (Å²) in [6, 6.07) is 0. The van der Waals surface area contributed by atoms with Crippen LogP contribution in [-0.2, 0) is 57.2 Å². The molecule has 16 heteroatoms. The van der Waals surface area contributed by atoms with Crippen LogP contribution in [0, 0.1) is 68.0 Å². The van der Waals surface area contributed by atoms with E-state index in [1.54, 1.807) is 41.5 Å². The van der Waals surface area contributed by atoms with E-state index in [0.717, 1.165) is 5.57 Å². The molecule has 0 saturated heterocycles. The maximum absolute atomic E-state index is 16.2. The number of hydrogen-bond donors (Lipinski definition) is 4. The average Bonchev–Trinajstić information content (AvgIpc) is 3.52. The van der Waals surface area contributed by atoms with Crippen LogP contribution in [0.3, 0.4) is 0 Å². The number of allylic oxidation sites excluding steroid dienone is 1. The predicted molar refractivity (Wildman–Crippen MR) is 219 cm³/mol. The summed E-state index contributed by atoms with van der Waals surface area (Å²) in [5.74, 6) is -9.65. The molecule has 352 valence electrons. The third-order valence-electron chi connectivity index (χ3n) is 19.2. The molecule has 8 aliphatic carbocycles. The summed E-state index contributed by atoms with van der Waals surface area (Å²) in [7, 11) is 0. The van der Waals surface area contributed by atoms with Crippen LogP contribution in [0.5, 0.6) is 0 Å². The topological polar surface area (TPSA) is 247 Å². The van der Waals surface area contributed by atoms with E-state index in [9.17, 15) is 39.6 Å². The van der Waals surface area contributed by atoms with Gasteiger partial charge in [0.15, 0.2) is 23.0 Å². The minimum absolute atomic E-state index is 0.0433. The predicted octanol–water partition coefficient (Wildman–Crippen LogP) is 2.85. The van der Waals surface area contributed by atoms with Crippen molar-refractivity contribution in [2.75, 3.05) is 0 Å². The third kappa shape index (κ3) is 5.34. The molecule has 0 aromatic carbocycles. The first-order valence-corrected chi connectivity index (χ1v) is 23.1. The number of hydrogen-bond acceptors (Lipinski definition) is 16. The van der Waals surface area contributed by atoms with Gasteiger partial charge in [-0.15, -0.1) is 0 Å². The molecule has 4 bridgehead atoms. The molecule has 0 aromatic heterocycles. The van der Waals surface area contributed by atoms with Crippen molar-refractivity contribution in [1.82, 2.24) is 0 Å². The normalized spacial score (nSPS) is 50.2. The Balaban J connectivity index is 1.23. The molecule has 0 aromatic rings. The van der Waals surface area contributed by atoms with Crippen molar-refractivity contribution in [1.29, 1.82) is 0 Å². The van der Waals surface area contributed by atoms with Gasteiger partial charge < -0.3 is 44.1 Å². The van der Waals surface area contributed by atoms with Crippen molar-refractivity contribution in [2.24, 2.45) is 68.0 Å². The van der Waals surface area contributed by atoms with E-state index in [0.29, 0.717) is 0 Å². The fourth-order valence-corrected chi connectivity index (χ4v) is 17.3. The number of carbonyl (C=O) groups is 7. The SMILES string of the molecule is CC(=O)O[C@H]1C[C@@H]2C[C@@]3(C(=O)[C@]24CCC2=C(O4)[C@]45C[C@H]2C[C@H](OC(C)=O)[C@H]4[C@]2(C)[C@@H](OC(C)=O)C[C@H](O)C(C)(C)[C@H]2C(=O)[C@@H]5O)[C@@H]1[C@]1(C)[C@@H](OC(C)=O)C[C@H](O)C(C)(C)[C@H]1C(=O)[C@@H]3O. The van der Waals surface area contributed by atoms with Crippen molar-refractivity contribution in [3.05, 3.63) is 11.3 Å². The fourth-order valence-electron chi connectivity index (χ4n) is 17.3. The van der Waals surface area contributed by atoms with E-state index < -0.39 is 158 Å². The summed E-state index contributed by atoms with van der Waals surface area (Å²) in [4.78, 5) is 98.2. The van der Waals surface area contributed by atoms with Crippen LogP contribution < -0.4 is 0 Å². The second kappa shape index (κ2) is 13.9. The van der Waals surface area contributed by atoms with E-state index in [-0.39, 0.29) is 63.0 Å². The van der Waals surface area contributed by atoms with Crippen LogP contribution in [0.4, 0.5) is 0 Å². The molecule has 3 spiro atoms. The molecule has 19 atom stereocenters. The highest BCUT2D eigenvalue weighted by Crippen LogP contribution is 2.77. The number of ketones is 3. The smallest absolute Gasteiger partial charge is 0.302 e. The molecule has 7 saturated carbocycles. The molecule has 16 nitrogen and oxygen atoms in total.